The second kappa shape index (κ2) is 19.9. The Bertz CT molecular complexity index is 1680. The summed E-state index contributed by atoms with van der Waals surface area (Å²) < 4.78 is 24.0. The van der Waals surface area contributed by atoms with Gasteiger partial charge in [-0.2, -0.15) is 0 Å². The van der Waals surface area contributed by atoms with Gasteiger partial charge in [0.25, 0.3) is 0 Å². The van der Waals surface area contributed by atoms with Crippen LogP contribution in [-0.2, 0) is 33.0 Å². The van der Waals surface area contributed by atoms with Gasteiger partial charge >= 0.3 is 11.9 Å². The molecule has 50 heavy (non-hydrogen) atoms. The number of allylic oxidation sites excluding steroid dienone is 1. The summed E-state index contributed by atoms with van der Waals surface area (Å²) in [4.78, 5) is 33.0. The molecule has 3 aliphatic heterocycles. The highest BCUT2D eigenvalue weighted by Gasteiger charge is 2.42. The van der Waals surface area contributed by atoms with E-state index in [1.54, 1.807) is 42.3 Å². The number of halogens is 1. The number of carbonyl (C=O) groups is 3. The van der Waals surface area contributed by atoms with E-state index < -0.39 is 0 Å². The predicted octanol–water partition coefficient (Wildman–Crippen LogP) is 7.07. The predicted molar refractivity (Wildman–Crippen MR) is 196 cm³/mol. The van der Waals surface area contributed by atoms with Crippen LogP contribution < -0.4 is 11.1 Å². The zero-order valence-corrected chi connectivity index (χ0v) is 29.8. The molecule has 0 radical (unpaired) electrons. The summed E-state index contributed by atoms with van der Waals surface area (Å²) in [5.41, 5.74) is 11.0. The zero-order valence-electron chi connectivity index (χ0n) is 29.0. The fourth-order valence-corrected chi connectivity index (χ4v) is 5.99. The molecule has 0 saturated carbocycles. The summed E-state index contributed by atoms with van der Waals surface area (Å²) >= 11 is 0. The number of hydrogen-bond donors (Lipinski definition) is 2. The highest BCUT2D eigenvalue weighted by Crippen LogP contribution is 2.49. The lowest BCUT2D eigenvalue weighted by Crippen LogP contribution is -2.36. The van der Waals surface area contributed by atoms with Gasteiger partial charge in [-0.3, -0.25) is 4.79 Å². The Kier molecular flexibility index (Phi) is 15.7. The Hall–Kier alpha value is -5.00. The molecule has 2 aromatic carbocycles. The van der Waals surface area contributed by atoms with E-state index in [-0.39, 0.29) is 36.5 Å². The molecule has 0 amide bonds. The number of nitrogen functional groups attached to an aromatic ring is 1. The second-order valence-electron chi connectivity index (χ2n) is 11.7. The van der Waals surface area contributed by atoms with Crippen molar-refractivity contribution in [3.8, 4) is 0 Å². The first kappa shape index (κ1) is 39.4. The molecule has 0 bridgehead atoms. The Morgan fingerprint density at radius 3 is 2.08 bits per heavy atom. The SMILES string of the molecule is C1=COCCC1.COC(=O)c1cc(N)cn1C.COC(=O)c1cc2c(n1C)C1OCCCC1C(c1ccccc1)N2.Cl.O=Cc1ccccc1. The number of ether oxygens (including phenoxy) is 4. The summed E-state index contributed by atoms with van der Waals surface area (Å²) in [7, 11) is 6.40. The van der Waals surface area contributed by atoms with Crippen molar-refractivity contribution in [3.63, 3.8) is 0 Å². The average Bonchev–Trinajstić information content (AvgIpc) is 3.69. The van der Waals surface area contributed by atoms with Crippen LogP contribution in [0.25, 0.3) is 0 Å². The molecule has 2 aromatic heterocycles. The van der Waals surface area contributed by atoms with Crippen molar-refractivity contribution in [2.75, 3.05) is 38.5 Å². The van der Waals surface area contributed by atoms with Crippen molar-refractivity contribution < 1.29 is 33.3 Å². The number of nitrogens with one attached hydrogen (secondary N) is 1. The van der Waals surface area contributed by atoms with Gasteiger partial charge in [-0.1, -0.05) is 60.7 Å². The third kappa shape index (κ3) is 10.3. The molecule has 4 aromatic rings. The first-order valence-corrected chi connectivity index (χ1v) is 16.3. The molecule has 3 N–H and O–H groups in total. The van der Waals surface area contributed by atoms with Gasteiger partial charge in [0.2, 0.25) is 0 Å². The van der Waals surface area contributed by atoms with E-state index in [0.29, 0.717) is 23.0 Å². The standard InChI is InChI=1S/C19H22N2O3.C7H10N2O2.C7H6O.C5H8O.ClH/c1-21-15(19(22)23-2)11-14-17(21)18-13(9-6-10-24-18)16(20-14)12-7-4-3-5-8-12;1-9-4-5(8)3-6(9)7(10)11-2;8-6-7-4-2-1-3-5-7;1-2-4-6-5-3-1;/h3-5,7-8,11,13,16,18,20H,6,9-10H2,1-2H3;3-4H,8H2,1-2H3;1-6H;2,4H,1,3,5H2;1H. The normalized spacial score (nSPS) is 18.0. The maximum Gasteiger partial charge on any atom is 0.354 e. The summed E-state index contributed by atoms with van der Waals surface area (Å²) in [6.07, 6.45) is 10.9. The molecule has 0 aliphatic carbocycles. The number of methoxy groups -OCH3 is 2. The third-order valence-corrected chi connectivity index (χ3v) is 8.39. The maximum atomic E-state index is 12.1. The van der Waals surface area contributed by atoms with Crippen molar-refractivity contribution in [3.05, 3.63) is 120 Å². The van der Waals surface area contributed by atoms with E-state index in [4.69, 9.17) is 19.9 Å². The van der Waals surface area contributed by atoms with Crippen LogP contribution in [0.2, 0.25) is 0 Å². The summed E-state index contributed by atoms with van der Waals surface area (Å²) in [6, 6.07) is 23.2. The molecule has 1 fully saturated rings. The lowest BCUT2D eigenvalue weighted by atomic mass is 9.79. The Balaban J connectivity index is 0.000000214. The summed E-state index contributed by atoms with van der Waals surface area (Å²) in [5.74, 6) is -0.339. The van der Waals surface area contributed by atoms with Gasteiger partial charge in [-0.25, -0.2) is 9.59 Å². The number of aryl methyl sites for hydroxylation is 1. The maximum absolute atomic E-state index is 12.1. The van der Waals surface area contributed by atoms with Crippen LogP contribution in [0, 0.1) is 5.92 Å². The number of aldehydes is 1. The van der Waals surface area contributed by atoms with Crippen LogP contribution >= 0.6 is 12.4 Å². The van der Waals surface area contributed by atoms with Crippen LogP contribution in [0.3, 0.4) is 0 Å². The number of anilines is 2. The molecule has 12 heteroatoms. The second-order valence-corrected chi connectivity index (χ2v) is 11.7. The minimum atomic E-state index is -0.371. The van der Waals surface area contributed by atoms with Gasteiger partial charge in [0.05, 0.1) is 50.2 Å². The number of nitrogens with zero attached hydrogens (tertiary/aromatic N) is 2. The molecule has 11 nitrogen and oxygen atoms in total. The Labute approximate surface area is 299 Å². The lowest BCUT2D eigenvalue weighted by molar-refractivity contribution is -0.0421. The van der Waals surface area contributed by atoms with Crippen LogP contribution in [-0.4, -0.2) is 54.8 Å². The first-order valence-electron chi connectivity index (χ1n) is 16.3. The van der Waals surface area contributed by atoms with Gasteiger partial charge in [0, 0.05) is 38.4 Å². The number of fused-ring (bicyclic) bond motifs is 3. The molecule has 7 rings (SSSR count). The zero-order chi connectivity index (χ0) is 35.2. The number of aromatic nitrogens is 2. The fraction of sp³-hybridized carbons (Fsp3) is 0.342. The highest BCUT2D eigenvalue weighted by molar-refractivity contribution is 5.90. The largest absolute Gasteiger partial charge is 0.502 e. The van der Waals surface area contributed by atoms with Crippen molar-refractivity contribution in [1.82, 2.24) is 9.13 Å². The first-order chi connectivity index (χ1) is 23.8. The fourth-order valence-electron chi connectivity index (χ4n) is 5.99. The molecule has 1 saturated heterocycles. The molecule has 5 heterocycles. The van der Waals surface area contributed by atoms with E-state index in [1.807, 2.05) is 48.0 Å². The van der Waals surface area contributed by atoms with Crippen molar-refractivity contribution in [1.29, 1.82) is 0 Å². The molecular weight excluding hydrogens is 660 g/mol. The van der Waals surface area contributed by atoms with E-state index in [0.717, 1.165) is 49.3 Å². The number of carbonyl (C=O) groups excluding carboxylic acids is 3. The highest BCUT2D eigenvalue weighted by atomic mass is 35.5. The van der Waals surface area contributed by atoms with E-state index in [9.17, 15) is 14.4 Å². The molecule has 3 unspecified atom stereocenters. The van der Waals surface area contributed by atoms with Crippen LogP contribution in [0.4, 0.5) is 11.4 Å². The number of esters is 2. The van der Waals surface area contributed by atoms with Crippen molar-refractivity contribution >= 4 is 42.0 Å². The van der Waals surface area contributed by atoms with E-state index in [2.05, 4.69) is 34.3 Å². The quantitative estimate of drug-likeness (QED) is 0.169. The van der Waals surface area contributed by atoms with Crippen LogP contribution in [0.5, 0.6) is 0 Å². The van der Waals surface area contributed by atoms with Crippen LogP contribution in [0.1, 0.15) is 80.4 Å². The van der Waals surface area contributed by atoms with E-state index in [1.165, 1.54) is 32.6 Å². The van der Waals surface area contributed by atoms with Crippen molar-refractivity contribution in [2.24, 2.45) is 20.0 Å². The molecule has 3 aliphatic rings. The number of rotatable bonds is 4. The summed E-state index contributed by atoms with van der Waals surface area (Å²) in [5, 5.41) is 3.64. The average molecular weight is 707 g/mol. The monoisotopic (exact) mass is 706 g/mol. The van der Waals surface area contributed by atoms with Gasteiger partial charge in [-0.15, -0.1) is 12.4 Å². The van der Waals surface area contributed by atoms with Gasteiger partial charge in [0.15, 0.2) is 0 Å². The van der Waals surface area contributed by atoms with Crippen molar-refractivity contribution in [2.45, 2.75) is 37.8 Å². The minimum Gasteiger partial charge on any atom is -0.502 e. The topological polar surface area (TPSA) is 136 Å². The Morgan fingerprint density at radius 2 is 1.58 bits per heavy atom. The molecule has 3 atom stereocenters. The lowest BCUT2D eigenvalue weighted by Gasteiger charge is -2.42. The van der Waals surface area contributed by atoms with Gasteiger partial charge in [0.1, 0.15) is 23.8 Å². The smallest absolute Gasteiger partial charge is 0.354 e. The van der Waals surface area contributed by atoms with Gasteiger partial charge < -0.3 is 39.1 Å². The van der Waals surface area contributed by atoms with E-state index >= 15 is 0 Å². The number of nitrogens with two attached hydrogens (primary N) is 1. The summed E-state index contributed by atoms with van der Waals surface area (Å²) in [6.45, 7) is 1.68. The Morgan fingerprint density at radius 1 is 0.920 bits per heavy atom. The minimum absolute atomic E-state index is 0. The number of hydrogen-bond acceptors (Lipinski definition) is 9. The molecule has 268 valence electrons. The molecule has 0 spiro atoms. The molecular formula is C38H47ClN4O7. The van der Waals surface area contributed by atoms with Gasteiger partial charge in [-0.05, 0) is 49.5 Å². The number of benzene rings is 2. The third-order valence-electron chi connectivity index (χ3n) is 8.39. The van der Waals surface area contributed by atoms with Crippen LogP contribution in [0.15, 0.2) is 91.3 Å².